The zero-order valence-electron chi connectivity index (χ0n) is 25.7. The Hall–Kier alpha value is -3.33. The summed E-state index contributed by atoms with van der Waals surface area (Å²) in [6.45, 7) is 11.8. The van der Waals surface area contributed by atoms with Gasteiger partial charge in [-0.2, -0.15) is 0 Å². The topological polar surface area (TPSA) is 105 Å². The molecular formula is C33H48F2N4O3. The van der Waals surface area contributed by atoms with E-state index in [9.17, 15) is 23.2 Å². The van der Waals surface area contributed by atoms with Gasteiger partial charge in [-0.05, 0) is 67.5 Å². The van der Waals surface area contributed by atoms with Crippen molar-refractivity contribution < 1.29 is 23.2 Å². The number of hydrogen-bond donors (Lipinski definition) is 3. The maximum atomic E-state index is 14.0. The van der Waals surface area contributed by atoms with Crippen LogP contribution in [0.1, 0.15) is 93.0 Å². The predicted octanol–water partition coefficient (Wildman–Crippen LogP) is 5.47. The third kappa shape index (κ3) is 10.5. The van der Waals surface area contributed by atoms with Gasteiger partial charge in [-0.25, -0.2) is 8.78 Å². The first-order valence-electron chi connectivity index (χ1n) is 15.2. The van der Waals surface area contributed by atoms with Crippen molar-refractivity contribution in [2.75, 3.05) is 19.6 Å². The van der Waals surface area contributed by atoms with Crippen LogP contribution in [0.2, 0.25) is 0 Å². The first kappa shape index (κ1) is 34.9. The van der Waals surface area contributed by atoms with Crippen molar-refractivity contribution in [2.45, 2.75) is 85.2 Å². The van der Waals surface area contributed by atoms with E-state index in [1.165, 1.54) is 6.07 Å². The van der Waals surface area contributed by atoms with Crippen LogP contribution >= 0.6 is 0 Å². The number of halogens is 2. The number of nitrogens with one attached hydrogen (secondary N) is 2. The molecule has 232 valence electrons. The summed E-state index contributed by atoms with van der Waals surface area (Å²) in [7, 11) is 0. The second kappa shape index (κ2) is 17.6. The standard InChI is InChI=1S/C33H48F2N4O3/c1-6-15-39(16-7-2)33(42)26-12-10-11-25(20-26)32(41)38-30(19-24-13-14-27(34)28(35)18-24)29(36)17-22(5)31(40)37-21-23(8-3)9-4/h10-14,18,20,22-23,29-30H,6-9,15-17,19,21,36H2,1-5H3,(H,37,40)(H,38,41)/t22-,29+,30+/m1/s1. The molecule has 0 bridgehead atoms. The van der Waals surface area contributed by atoms with Crippen molar-refractivity contribution in [3.63, 3.8) is 0 Å². The molecule has 7 nitrogen and oxygen atoms in total. The molecule has 2 aromatic carbocycles. The summed E-state index contributed by atoms with van der Waals surface area (Å²) in [4.78, 5) is 41.1. The third-order valence-electron chi connectivity index (χ3n) is 7.71. The van der Waals surface area contributed by atoms with Crippen molar-refractivity contribution in [1.82, 2.24) is 15.5 Å². The van der Waals surface area contributed by atoms with Crippen LogP contribution in [-0.2, 0) is 11.2 Å². The zero-order valence-corrected chi connectivity index (χ0v) is 25.7. The minimum atomic E-state index is -0.991. The molecule has 0 unspecified atom stereocenters. The number of nitrogens with two attached hydrogens (primary N) is 1. The third-order valence-corrected chi connectivity index (χ3v) is 7.71. The van der Waals surface area contributed by atoms with E-state index in [1.54, 1.807) is 36.1 Å². The molecule has 0 aliphatic rings. The molecule has 0 fully saturated rings. The number of carbonyl (C=O) groups is 3. The van der Waals surface area contributed by atoms with E-state index in [0.29, 0.717) is 36.7 Å². The summed E-state index contributed by atoms with van der Waals surface area (Å²) in [5.74, 6) is -2.70. The van der Waals surface area contributed by atoms with Gasteiger partial charge >= 0.3 is 0 Å². The Labute approximate surface area is 249 Å². The smallest absolute Gasteiger partial charge is 0.253 e. The van der Waals surface area contributed by atoms with E-state index in [2.05, 4.69) is 24.5 Å². The van der Waals surface area contributed by atoms with Gasteiger partial charge < -0.3 is 21.3 Å². The summed E-state index contributed by atoms with van der Waals surface area (Å²) < 4.78 is 27.6. The second-order valence-corrected chi connectivity index (χ2v) is 11.1. The van der Waals surface area contributed by atoms with Gasteiger partial charge in [-0.15, -0.1) is 0 Å². The van der Waals surface area contributed by atoms with Crippen LogP contribution in [0.4, 0.5) is 8.78 Å². The lowest BCUT2D eigenvalue weighted by molar-refractivity contribution is -0.125. The Bertz CT molecular complexity index is 1170. The molecule has 4 N–H and O–H groups in total. The summed E-state index contributed by atoms with van der Waals surface area (Å²) in [6.07, 6.45) is 3.98. The van der Waals surface area contributed by atoms with Crippen LogP contribution in [0.3, 0.4) is 0 Å². The number of benzene rings is 2. The molecule has 0 aromatic heterocycles. The molecule has 0 aliphatic heterocycles. The van der Waals surface area contributed by atoms with Crippen LogP contribution in [0.25, 0.3) is 0 Å². The highest BCUT2D eigenvalue weighted by Crippen LogP contribution is 2.17. The van der Waals surface area contributed by atoms with Gasteiger partial charge in [-0.1, -0.05) is 59.6 Å². The highest BCUT2D eigenvalue weighted by Gasteiger charge is 2.26. The normalized spacial score (nSPS) is 13.4. The molecular weight excluding hydrogens is 538 g/mol. The van der Waals surface area contributed by atoms with Crippen LogP contribution < -0.4 is 16.4 Å². The van der Waals surface area contributed by atoms with E-state index in [4.69, 9.17) is 5.73 Å². The summed E-state index contributed by atoms with van der Waals surface area (Å²) >= 11 is 0. The molecule has 3 amide bonds. The van der Waals surface area contributed by atoms with Crippen LogP contribution in [0.5, 0.6) is 0 Å². The van der Waals surface area contributed by atoms with Crippen molar-refractivity contribution in [3.8, 4) is 0 Å². The number of rotatable bonds is 17. The molecule has 2 aromatic rings. The summed E-state index contributed by atoms with van der Waals surface area (Å²) in [5.41, 5.74) is 7.72. The van der Waals surface area contributed by atoms with Crippen molar-refractivity contribution in [3.05, 3.63) is 70.8 Å². The van der Waals surface area contributed by atoms with E-state index < -0.39 is 35.5 Å². The molecule has 2 rings (SSSR count). The number of nitrogens with zero attached hydrogens (tertiary/aromatic N) is 1. The highest BCUT2D eigenvalue weighted by molar-refractivity contribution is 5.99. The minimum Gasteiger partial charge on any atom is -0.356 e. The maximum absolute atomic E-state index is 14.0. The molecule has 0 radical (unpaired) electrons. The Morgan fingerprint density at radius 1 is 0.905 bits per heavy atom. The van der Waals surface area contributed by atoms with E-state index in [-0.39, 0.29) is 30.2 Å². The molecule has 3 atom stereocenters. The fourth-order valence-corrected chi connectivity index (χ4v) is 4.99. The van der Waals surface area contributed by atoms with E-state index in [1.807, 2.05) is 13.8 Å². The number of hydrogen-bond acceptors (Lipinski definition) is 4. The van der Waals surface area contributed by atoms with Crippen molar-refractivity contribution in [1.29, 1.82) is 0 Å². The maximum Gasteiger partial charge on any atom is 0.253 e. The number of amides is 3. The first-order valence-corrected chi connectivity index (χ1v) is 15.2. The molecule has 0 aliphatic carbocycles. The predicted molar refractivity (Wildman–Crippen MR) is 163 cm³/mol. The number of carbonyl (C=O) groups excluding carboxylic acids is 3. The molecule has 9 heteroatoms. The lowest BCUT2D eigenvalue weighted by Gasteiger charge is -2.28. The van der Waals surface area contributed by atoms with E-state index in [0.717, 1.165) is 37.8 Å². The fraction of sp³-hybridized carbons (Fsp3) is 0.545. The van der Waals surface area contributed by atoms with Gasteiger partial charge in [-0.3, -0.25) is 14.4 Å². The van der Waals surface area contributed by atoms with Gasteiger partial charge in [0.15, 0.2) is 11.6 Å². The molecule has 0 heterocycles. The van der Waals surface area contributed by atoms with Gasteiger partial charge in [0, 0.05) is 48.8 Å². The molecule has 42 heavy (non-hydrogen) atoms. The quantitative estimate of drug-likeness (QED) is 0.229. The Morgan fingerprint density at radius 2 is 1.55 bits per heavy atom. The minimum absolute atomic E-state index is 0.120. The molecule has 0 saturated heterocycles. The Balaban J connectivity index is 2.24. The van der Waals surface area contributed by atoms with Crippen molar-refractivity contribution >= 4 is 17.7 Å². The van der Waals surface area contributed by atoms with E-state index >= 15 is 0 Å². The Kier molecular flexibility index (Phi) is 14.6. The van der Waals surface area contributed by atoms with Crippen LogP contribution in [0, 0.1) is 23.5 Å². The first-order chi connectivity index (χ1) is 20.0. The average molecular weight is 587 g/mol. The van der Waals surface area contributed by atoms with Gasteiger partial charge in [0.25, 0.3) is 11.8 Å². The van der Waals surface area contributed by atoms with Gasteiger partial charge in [0.2, 0.25) is 5.91 Å². The molecule has 0 saturated carbocycles. The van der Waals surface area contributed by atoms with Gasteiger partial charge in [0.05, 0.1) is 0 Å². The van der Waals surface area contributed by atoms with Crippen LogP contribution in [-0.4, -0.2) is 54.3 Å². The Morgan fingerprint density at radius 3 is 2.14 bits per heavy atom. The second-order valence-electron chi connectivity index (χ2n) is 11.1. The summed E-state index contributed by atoms with van der Waals surface area (Å²) in [6, 6.07) is 8.75. The van der Waals surface area contributed by atoms with Gasteiger partial charge in [0.1, 0.15) is 0 Å². The molecule has 0 spiro atoms. The highest BCUT2D eigenvalue weighted by atomic mass is 19.2. The summed E-state index contributed by atoms with van der Waals surface area (Å²) in [5, 5.41) is 5.93. The fourth-order valence-electron chi connectivity index (χ4n) is 4.99. The average Bonchev–Trinajstić information content (AvgIpc) is 2.98. The van der Waals surface area contributed by atoms with Crippen molar-refractivity contribution in [2.24, 2.45) is 17.6 Å². The SMILES string of the molecule is CCCN(CCC)C(=O)c1cccc(C(=O)N[C@@H](Cc2ccc(F)c(F)c2)[C@@H](N)C[C@@H](C)C(=O)NCC(CC)CC)c1. The lowest BCUT2D eigenvalue weighted by Crippen LogP contribution is -2.50. The monoisotopic (exact) mass is 586 g/mol. The van der Waals surface area contributed by atoms with Crippen LogP contribution in [0.15, 0.2) is 42.5 Å². The lowest BCUT2D eigenvalue weighted by atomic mass is 9.91. The largest absolute Gasteiger partial charge is 0.356 e. The zero-order chi connectivity index (χ0) is 31.2.